The molecule has 0 bridgehead atoms. The van der Waals surface area contributed by atoms with Gasteiger partial charge in [0.05, 0.1) is 11.4 Å². The molecular weight excluding hydrogens is 433 g/mol. The highest BCUT2D eigenvalue weighted by Crippen LogP contribution is 2.30. The van der Waals surface area contributed by atoms with E-state index in [0.29, 0.717) is 23.1 Å². The molecule has 2 aromatic heterocycles. The van der Waals surface area contributed by atoms with Crippen LogP contribution in [-0.4, -0.2) is 21.2 Å². The number of para-hydroxylation sites is 1. The van der Waals surface area contributed by atoms with Gasteiger partial charge in [0.25, 0.3) is 5.89 Å². The molecular formula is C25H24FN7O. The van der Waals surface area contributed by atoms with E-state index >= 15 is 0 Å². The van der Waals surface area contributed by atoms with Crippen LogP contribution in [0.1, 0.15) is 29.9 Å². The van der Waals surface area contributed by atoms with Crippen LogP contribution in [0.4, 0.5) is 10.1 Å². The Kier molecular flexibility index (Phi) is 6.03. The van der Waals surface area contributed by atoms with Gasteiger partial charge in [-0.05, 0) is 42.7 Å². The van der Waals surface area contributed by atoms with Crippen molar-refractivity contribution in [2.75, 3.05) is 5.01 Å². The number of aromatic nitrogens is 3. The first-order valence-electron chi connectivity index (χ1n) is 11.0. The summed E-state index contributed by atoms with van der Waals surface area (Å²) in [7, 11) is 0. The van der Waals surface area contributed by atoms with Crippen molar-refractivity contribution < 1.29 is 8.91 Å². The number of halogens is 1. The lowest BCUT2D eigenvalue weighted by Crippen LogP contribution is -2.32. The highest BCUT2D eigenvalue weighted by molar-refractivity contribution is 5.93. The molecule has 172 valence electrons. The Hall–Kier alpha value is -4.08. The normalized spacial score (nSPS) is 14.1. The van der Waals surface area contributed by atoms with E-state index in [0.717, 1.165) is 12.1 Å². The van der Waals surface area contributed by atoms with Crippen LogP contribution in [0.25, 0.3) is 22.8 Å². The highest BCUT2D eigenvalue weighted by atomic mass is 19.1. The van der Waals surface area contributed by atoms with Crippen LogP contribution < -0.4 is 21.9 Å². The Morgan fingerprint density at radius 3 is 2.50 bits per heavy atom. The Balaban J connectivity index is 1.47. The van der Waals surface area contributed by atoms with E-state index in [4.69, 9.17) is 16.1 Å². The molecule has 0 atom stereocenters. The van der Waals surface area contributed by atoms with Gasteiger partial charge in [0.2, 0.25) is 5.82 Å². The summed E-state index contributed by atoms with van der Waals surface area (Å²) < 4.78 is 20.0. The topological polar surface area (TPSA) is 119 Å². The van der Waals surface area contributed by atoms with Gasteiger partial charge in [0.15, 0.2) is 0 Å². The number of rotatable bonds is 8. The van der Waals surface area contributed by atoms with E-state index in [9.17, 15) is 4.39 Å². The number of nitrogens with zero attached hydrogens (tertiary/aromatic N) is 4. The van der Waals surface area contributed by atoms with Gasteiger partial charge < -0.3 is 15.6 Å². The average molecular weight is 458 g/mol. The third-order valence-corrected chi connectivity index (χ3v) is 5.60. The summed E-state index contributed by atoms with van der Waals surface area (Å²) in [6.45, 7) is 0.829. The van der Waals surface area contributed by atoms with Gasteiger partial charge in [-0.2, -0.15) is 4.98 Å². The molecule has 1 aliphatic rings. The molecule has 2 aromatic carbocycles. The largest absolute Gasteiger partial charge is 0.392 e. The summed E-state index contributed by atoms with van der Waals surface area (Å²) in [6, 6.07) is 18.2. The van der Waals surface area contributed by atoms with Crippen molar-refractivity contribution in [3.63, 3.8) is 0 Å². The third-order valence-electron chi connectivity index (χ3n) is 5.60. The van der Waals surface area contributed by atoms with Crippen molar-refractivity contribution in [1.82, 2.24) is 20.4 Å². The summed E-state index contributed by atoms with van der Waals surface area (Å²) in [5.41, 5.74) is 9.62. The summed E-state index contributed by atoms with van der Waals surface area (Å²) in [5.74, 6) is 6.31. The average Bonchev–Trinajstić information content (AvgIpc) is 3.57. The lowest BCUT2D eigenvalue weighted by atomic mass is 10.1. The monoisotopic (exact) mass is 457 g/mol. The Morgan fingerprint density at radius 2 is 1.79 bits per heavy atom. The molecule has 1 aliphatic carbocycles. The first-order chi connectivity index (χ1) is 16.6. The second kappa shape index (κ2) is 9.42. The lowest BCUT2D eigenvalue weighted by Gasteiger charge is -2.23. The molecule has 34 heavy (non-hydrogen) atoms. The van der Waals surface area contributed by atoms with Crippen LogP contribution in [-0.2, 0) is 6.54 Å². The summed E-state index contributed by atoms with van der Waals surface area (Å²) in [6.07, 6.45) is 5.68. The highest BCUT2D eigenvalue weighted by Gasteiger charge is 2.22. The predicted octanol–water partition coefficient (Wildman–Crippen LogP) is 3.69. The van der Waals surface area contributed by atoms with Crippen LogP contribution in [0.2, 0.25) is 0 Å². The van der Waals surface area contributed by atoms with E-state index in [1.165, 1.54) is 29.5 Å². The fourth-order valence-corrected chi connectivity index (χ4v) is 3.57. The Morgan fingerprint density at radius 1 is 1.06 bits per heavy atom. The first-order valence-corrected chi connectivity index (χ1v) is 11.0. The van der Waals surface area contributed by atoms with Crippen LogP contribution in [0.5, 0.6) is 0 Å². The quantitative estimate of drug-likeness (QED) is 0.271. The lowest BCUT2D eigenvalue weighted by molar-refractivity contribution is 0.408. The maximum Gasteiger partial charge on any atom is 0.276 e. The summed E-state index contributed by atoms with van der Waals surface area (Å²) in [4.78, 5) is 8.51. The predicted molar refractivity (Wildman–Crippen MR) is 128 cm³/mol. The maximum atomic E-state index is 14.5. The van der Waals surface area contributed by atoms with Gasteiger partial charge in [0.1, 0.15) is 11.5 Å². The van der Waals surface area contributed by atoms with Crippen LogP contribution >= 0.6 is 0 Å². The molecule has 1 saturated carbocycles. The molecule has 5 N–H and O–H groups in total. The number of nitrogens with one attached hydrogen (secondary N) is 1. The van der Waals surface area contributed by atoms with Crippen molar-refractivity contribution in [2.45, 2.75) is 25.4 Å². The number of nitrogens with two attached hydrogens (primary N) is 2. The third kappa shape index (κ3) is 4.66. The van der Waals surface area contributed by atoms with E-state index < -0.39 is 5.82 Å². The maximum absolute atomic E-state index is 14.5. The van der Waals surface area contributed by atoms with Crippen LogP contribution in [0, 0.1) is 5.82 Å². The molecule has 0 aliphatic heterocycles. The number of hydrogen-bond donors (Lipinski definition) is 3. The summed E-state index contributed by atoms with van der Waals surface area (Å²) >= 11 is 0. The van der Waals surface area contributed by atoms with Crippen molar-refractivity contribution >= 4 is 17.1 Å². The number of pyridine rings is 1. The standard InChI is InChI=1S/C25H24FN7O/c26-20-3-1-2-4-21(20)33(28)23(17-11-13-29-14-12-17)22(27)25-31-24(32-34-25)18-7-5-16(6-8-18)15-30-19-9-10-19/h1-8,11-14,19,30H,9-10,15,27-28H2/b23-22-. The van der Waals surface area contributed by atoms with Gasteiger partial charge in [-0.3, -0.25) is 9.99 Å². The van der Waals surface area contributed by atoms with E-state index in [1.54, 1.807) is 42.7 Å². The molecule has 5 rings (SSSR count). The van der Waals surface area contributed by atoms with Gasteiger partial charge in [-0.15, -0.1) is 0 Å². The van der Waals surface area contributed by atoms with Crippen molar-refractivity contribution in [2.24, 2.45) is 11.6 Å². The molecule has 0 unspecified atom stereocenters. The zero-order valence-electron chi connectivity index (χ0n) is 18.4. The minimum atomic E-state index is -0.494. The molecule has 2 heterocycles. The molecule has 0 saturated heterocycles. The second-order valence-electron chi connectivity index (χ2n) is 8.09. The Labute approximate surface area is 196 Å². The minimum absolute atomic E-state index is 0.0769. The smallest absolute Gasteiger partial charge is 0.276 e. The van der Waals surface area contributed by atoms with E-state index in [-0.39, 0.29) is 17.3 Å². The van der Waals surface area contributed by atoms with Gasteiger partial charge in [-0.25, -0.2) is 10.2 Å². The van der Waals surface area contributed by atoms with E-state index in [1.807, 2.05) is 24.3 Å². The van der Waals surface area contributed by atoms with Gasteiger partial charge in [-0.1, -0.05) is 41.6 Å². The molecule has 1 fully saturated rings. The number of anilines is 1. The number of hydrazine groups is 1. The first kappa shape index (κ1) is 21.7. The number of hydrogen-bond acceptors (Lipinski definition) is 8. The van der Waals surface area contributed by atoms with E-state index in [2.05, 4.69) is 20.4 Å². The van der Waals surface area contributed by atoms with Crippen molar-refractivity contribution in [3.8, 4) is 11.4 Å². The molecule has 4 aromatic rings. The molecule has 0 radical (unpaired) electrons. The van der Waals surface area contributed by atoms with Crippen LogP contribution in [0.15, 0.2) is 77.6 Å². The fourth-order valence-electron chi connectivity index (χ4n) is 3.57. The molecule has 9 heteroatoms. The SMILES string of the molecule is N/C(=C(/c1ccncc1)N(N)c1ccccc1F)c1nc(-c2ccc(CNC3CC3)cc2)no1. The molecule has 8 nitrogen and oxygen atoms in total. The van der Waals surface area contributed by atoms with Crippen molar-refractivity contribution in [3.05, 3.63) is 95.9 Å². The zero-order chi connectivity index (χ0) is 23.5. The Bertz CT molecular complexity index is 1300. The van der Waals surface area contributed by atoms with Gasteiger partial charge >= 0.3 is 0 Å². The molecule has 0 amide bonds. The van der Waals surface area contributed by atoms with Gasteiger partial charge in [0, 0.05) is 36.1 Å². The minimum Gasteiger partial charge on any atom is -0.392 e. The van der Waals surface area contributed by atoms with Crippen molar-refractivity contribution in [1.29, 1.82) is 0 Å². The van der Waals surface area contributed by atoms with Crippen LogP contribution in [0.3, 0.4) is 0 Å². The number of benzene rings is 2. The summed E-state index contributed by atoms with van der Waals surface area (Å²) in [5, 5.41) is 8.74. The zero-order valence-corrected chi connectivity index (χ0v) is 18.4. The second-order valence-corrected chi connectivity index (χ2v) is 8.09. The fraction of sp³-hybridized carbons (Fsp3) is 0.160. The molecule has 0 spiro atoms.